The molecule has 0 saturated carbocycles. The molecule has 2 aromatic heterocycles. The summed E-state index contributed by atoms with van der Waals surface area (Å²) in [5, 5.41) is 3.71. The lowest BCUT2D eigenvalue weighted by Gasteiger charge is -2.35. The molecule has 0 unspecified atom stereocenters. The summed E-state index contributed by atoms with van der Waals surface area (Å²) in [4.78, 5) is 28.1. The highest BCUT2D eigenvalue weighted by Crippen LogP contribution is 2.28. The standard InChI is InChI=1S/C19H24ClN5OS/c1-14-13-27-19(22-14)25-9-7-23(8-10-25)17-16(20)11-15(12-21-17)18(26)24-5-3-2-4-6-24/h11-13H,2-10H2,1H3. The zero-order chi connectivity index (χ0) is 18.8. The Morgan fingerprint density at radius 3 is 2.41 bits per heavy atom. The van der Waals surface area contributed by atoms with Gasteiger partial charge in [-0.25, -0.2) is 9.97 Å². The molecule has 2 fully saturated rings. The van der Waals surface area contributed by atoms with E-state index in [1.165, 1.54) is 6.42 Å². The Morgan fingerprint density at radius 2 is 1.78 bits per heavy atom. The molecule has 2 aromatic rings. The number of piperazine rings is 1. The van der Waals surface area contributed by atoms with Crippen molar-refractivity contribution < 1.29 is 4.79 Å². The average Bonchev–Trinajstić information content (AvgIpc) is 3.14. The second-order valence-electron chi connectivity index (χ2n) is 7.13. The molecule has 27 heavy (non-hydrogen) atoms. The number of rotatable bonds is 3. The van der Waals surface area contributed by atoms with Gasteiger partial charge in [-0.2, -0.15) is 0 Å². The van der Waals surface area contributed by atoms with Gasteiger partial charge in [0.05, 0.1) is 16.3 Å². The molecule has 1 amide bonds. The zero-order valence-electron chi connectivity index (χ0n) is 15.5. The summed E-state index contributed by atoms with van der Waals surface area (Å²) < 4.78 is 0. The van der Waals surface area contributed by atoms with Crippen LogP contribution in [0.15, 0.2) is 17.6 Å². The van der Waals surface area contributed by atoms with Gasteiger partial charge in [-0.15, -0.1) is 11.3 Å². The molecule has 2 saturated heterocycles. The molecule has 0 aromatic carbocycles. The Hall–Kier alpha value is -1.86. The summed E-state index contributed by atoms with van der Waals surface area (Å²) in [6.07, 6.45) is 5.03. The summed E-state index contributed by atoms with van der Waals surface area (Å²) in [5.41, 5.74) is 1.65. The molecule has 144 valence electrons. The molecule has 0 radical (unpaired) electrons. The fourth-order valence-corrected chi connectivity index (χ4v) is 4.80. The van der Waals surface area contributed by atoms with Gasteiger partial charge in [0, 0.05) is 50.8 Å². The van der Waals surface area contributed by atoms with Crippen molar-refractivity contribution in [1.82, 2.24) is 14.9 Å². The molecule has 0 aliphatic carbocycles. The molecule has 6 nitrogen and oxygen atoms in total. The van der Waals surface area contributed by atoms with Gasteiger partial charge in [-0.1, -0.05) is 11.6 Å². The van der Waals surface area contributed by atoms with Crippen LogP contribution in [-0.4, -0.2) is 60.0 Å². The van der Waals surface area contributed by atoms with Crippen molar-refractivity contribution in [2.24, 2.45) is 0 Å². The first-order valence-corrected chi connectivity index (χ1v) is 10.7. The van der Waals surface area contributed by atoms with E-state index in [1.54, 1.807) is 23.6 Å². The number of carbonyl (C=O) groups excluding carboxylic acids is 1. The molecule has 0 N–H and O–H groups in total. The maximum Gasteiger partial charge on any atom is 0.255 e. The Balaban J connectivity index is 1.41. The van der Waals surface area contributed by atoms with Gasteiger partial charge in [0.1, 0.15) is 5.82 Å². The van der Waals surface area contributed by atoms with Gasteiger partial charge >= 0.3 is 0 Å². The number of aromatic nitrogens is 2. The maximum atomic E-state index is 12.6. The Labute approximate surface area is 168 Å². The van der Waals surface area contributed by atoms with Gasteiger partial charge in [0.15, 0.2) is 5.13 Å². The molecule has 0 spiro atoms. The van der Waals surface area contributed by atoms with Crippen LogP contribution in [0.25, 0.3) is 0 Å². The lowest BCUT2D eigenvalue weighted by Crippen LogP contribution is -2.47. The highest BCUT2D eigenvalue weighted by Gasteiger charge is 2.24. The van der Waals surface area contributed by atoms with Crippen molar-refractivity contribution in [3.05, 3.63) is 33.9 Å². The number of carbonyl (C=O) groups is 1. The lowest BCUT2D eigenvalue weighted by atomic mass is 10.1. The first-order valence-electron chi connectivity index (χ1n) is 9.48. The van der Waals surface area contributed by atoms with Crippen molar-refractivity contribution >= 4 is 39.8 Å². The van der Waals surface area contributed by atoms with Crippen LogP contribution >= 0.6 is 22.9 Å². The smallest absolute Gasteiger partial charge is 0.255 e. The molecular weight excluding hydrogens is 382 g/mol. The van der Waals surface area contributed by atoms with Crippen LogP contribution in [-0.2, 0) is 0 Å². The second-order valence-corrected chi connectivity index (χ2v) is 8.37. The van der Waals surface area contributed by atoms with Crippen molar-refractivity contribution in [3.63, 3.8) is 0 Å². The van der Waals surface area contributed by atoms with Crippen LogP contribution in [0.5, 0.6) is 0 Å². The fraction of sp³-hybridized carbons (Fsp3) is 0.526. The van der Waals surface area contributed by atoms with E-state index in [1.807, 2.05) is 11.8 Å². The predicted octanol–water partition coefficient (Wildman–Crippen LogP) is 3.45. The van der Waals surface area contributed by atoms with E-state index in [-0.39, 0.29) is 5.91 Å². The molecular formula is C19H24ClN5OS. The summed E-state index contributed by atoms with van der Waals surface area (Å²) in [6.45, 7) is 7.13. The van der Waals surface area contributed by atoms with Crippen molar-refractivity contribution in [2.45, 2.75) is 26.2 Å². The first-order chi connectivity index (χ1) is 13.1. The fourth-order valence-electron chi connectivity index (χ4n) is 3.66. The normalized spacial score (nSPS) is 18.1. The first kappa shape index (κ1) is 18.5. The van der Waals surface area contributed by atoms with Crippen molar-refractivity contribution in [3.8, 4) is 0 Å². The average molecular weight is 406 g/mol. The van der Waals surface area contributed by atoms with Gasteiger partial charge < -0.3 is 14.7 Å². The highest BCUT2D eigenvalue weighted by molar-refractivity contribution is 7.13. The third kappa shape index (κ3) is 4.04. The summed E-state index contributed by atoms with van der Waals surface area (Å²) in [6, 6.07) is 1.78. The maximum absolute atomic E-state index is 12.6. The van der Waals surface area contributed by atoms with Crippen LogP contribution in [0.2, 0.25) is 5.02 Å². The number of hydrogen-bond acceptors (Lipinski definition) is 6. The quantitative estimate of drug-likeness (QED) is 0.782. The van der Waals surface area contributed by atoms with Crippen molar-refractivity contribution in [1.29, 1.82) is 0 Å². The monoisotopic (exact) mass is 405 g/mol. The van der Waals surface area contributed by atoms with Crippen LogP contribution in [0.4, 0.5) is 10.9 Å². The highest BCUT2D eigenvalue weighted by atomic mass is 35.5. The summed E-state index contributed by atoms with van der Waals surface area (Å²) in [7, 11) is 0. The summed E-state index contributed by atoms with van der Waals surface area (Å²) >= 11 is 8.19. The summed E-state index contributed by atoms with van der Waals surface area (Å²) in [5.74, 6) is 0.807. The Morgan fingerprint density at radius 1 is 1.07 bits per heavy atom. The number of hydrogen-bond donors (Lipinski definition) is 0. The van der Waals surface area contributed by atoms with Crippen LogP contribution in [0, 0.1) is 6.92 Å². The van der Waals surface area contributed by atoms with E-state index >= 15 is 0 Å². The Kier molecular flexibility index (Phi) is 5.50. The van der Waals surface area contributed by atoms with Crippen LogP contribution in [0.3, 0.4) is 0 Å². The minimum Gasteiger partial charge on any atom is -0.352 e. The van der Waals surface area contributed by atoms with E-state index < -0.39 is 0 Å². The molecule has 4 heterocycles. The number of piperidine rings is 1. The number of pyridine rings is 1. The SMILES string of the molecule is Cc1csc(N2CCN(c3ncc(C(=O)N4CCCCC4)cc3Cl)CC2)n1. The van der Waals surface area contributed by atoms with Crippen LogP contribution in [0.1, 0.15) is 35.3 Å². The van der Waals surface area contributed by atoms with Crippen molar-refractivity contribution in [2.75, 3.05) is 49.1 Å². The third-order valence-corrected chi connectivity index (χ3v) is 6.47. The number of aryl methyl sites for hydroxylation is 1. The van der Waals surface area contributed by atoms with E-state index in [0.717, 1.165) is 68.8 Å². The molecule has 8 heteroatoms. The predicted molar refractivity (Wildman–Crippen MR) is 110 cm³/mol. The van der Waals surface area contributed by atoms with Crippen LogP contribution < -0.4 is 9.80 Å². The molecule has 4 rings (SSSR count). The van der Waals surface area contributed by atoms with E-state index in [4.69, 9.17) is 11.6 Å². The number of halogens is 1. The van der Waals surface area contributed by atoms with Gasteiger partial charge in [0.25, 0.3) is 5.91 Å². The van der Waals surface area contributed by atoms with Gasteiger partial charge in [0.2, 0.25) is 0 Å². The topological polar surface area (TPSA) is 52.6 Å². The number of amides is 1. The molecule has 0 bridgehead atoms. The van der Waals surface area contributed by atoms with E-state index in [2.05, 4.69) is 25.1 Å². The van der Waals surface area contributed by atoms with Gasteiger partial charge in [-0.3, -0.25) is 4.79 Å². The number of likely N-dealkylation sites (tertiary alicyclic amines) is 1. The molecule has 0 atom stereocenters. The minimum atomic E-state index is 0.0413. The largest absolute Gasteiger partial charge is 0.352 e. The zero-order valence-corrected chi connectivity index (χ0v) is 17.1. The Bertz CT molecular complexity index is 812. The third-order valence-electron chi connectivity index (χ3n) is 5.17. The van der Waals surface area contributed by atoms with E-state index in [9.17, 15) is 4.79 Å². The van der Waals surface area contributed by atoms with E-state index in [0.29, 0.717) is 10.6 Å². The molecule has 2 aliphatic rings. The van der Waals surface area contributed by atoms with Gasteiger partial charge in [-0.05, 0) is 32.3 Å². The second kappa shape index (κ2) is 8.02. The minimum absolute atomic E-state index is 0.0413. The number of nitrogens with zero attached hydrogens (tertiary/aromatic N) is 5. The number of thiazole rings is 1. The molecule has 2 aliphatic heterocycles. The lowest BCUT2D eigenvalue weighted by molar-refractivity contribution is 0.0724. The number of anilines is 2.